The van der Waals surface area contributed by atoms with Crippen molar-refractivity contribution in [3.8, 4) is 11.5 Å². The Morgan fingerprint density at radius 3 is 2.87 bits per heavy atom. The number of phenols is 1. The molecule has 23 heavy (non-hydrogen) atoms. The number of rotatable bonds is 4. The lowest BCUT2D eigenvalue weighted by Gasteiger charge is -2.33. The van der Waals surface area contributed by atoms with E-state index >= 15 is 0 Å². The maximum absolute atomic E-state index is 9.98. The maximum atomic E-state index is 9.98. The van der Waals surface area contributed by atoms with E-state index in [1.807, 2.05) is 19.2 Å². The van der Waals surface area contributed by atoms with Crippen LogP contribution in [0.3, 0.4) is 0 Å². The number of aliphatic imine (C=N–C) groups is 1. The standard InChI is InChI=1S/C17H27N3O2.HI/c1-13-5-4-10-20(12-13)17(18-2)19-9-8-14-6-7-15(22-3)11-16(14)21;/h6-7,11,13,21H,4-5,8-10,12H2,1-3H3,(H,18,19);1H. The summed E-state index contributed by atoms with van der Waals surface area (Å²) in [6.45, 7) is 5.16. The Morgan fingerprint density at radius 1 is 1.48 bits per heavy atom. The zero-order valence-electron chi connectivity index (χ0n) is 14.2. The van der Waals surface area contributed by atoms with Gasteiger partial charge in [0.2, 0.25) is 0 Å². The molecule has 0 radical (unpaired) electrons. The van der Waals surface area contributed by atoms with E-state index in [0.717, 1.165) is 43.5 Å². The normalized spacial score (nSPS) is 18.3. The summed E-state index contributed by atoms with van der Waals surface area (Å²) in [5.41, 5.74) is 0.913. The largest absolute Gasteiger partial charge is 0.508 e. The average molecular weight is 433 g/mol. The molecule has 5 nitrogen and oxygen atoms in total. The first-order valence-corrected chi connectivity index (χ1v) is 7.95. The molecule has 1 aliphatic heterocycles. The zero-order chi connectivity index (χ0) is 15.9. The molecule has 0 aliphatic carbocycles. The van der Waals surface area contributed by atoms with Crippen molar-refractivity contribution in [1.82, 2.24) is 10.2 Å². The SMILES string of the molecule is CN=C(NCCc1ccc(OC)cc1O)N1CCCC(C)C1.I. The Kier molecular flexibility index (Phi) is 8.51. The molecule has 1 aromatic carbocycles. The highest BCUT2D eigenvalue weighted by Crippen LogP contribution is 2.23. The van der Waals surface area contributed by atoms with Gasteiger partial charge < -0.3 is 20.1 Å². The van der Waals surface area contributed by atoms with E-state index in [4.69, 9.17) is 4.74 Å². The number of likely N-dealkylation sites (tertiary alicyclic amines) is 1. The van der Waals surface area contributed by atoms with Crippen molar-refractivity contribution in [3.63, 3.8) is 0 Å². The second kappa shape index (κ2) is 9.85. The van der Waals surface area contributed by atoms with Crippen LogP contribution in [0.25, 0.3) is 0 Å². The van der Waals surface area contributed by atoms with Crippen molar-refractivity contribution >= 4 is 29.9 Å². The molecule has 0 amide bonds. The minimum absolute atomic E-state index is 0. The van der Waals surface area contributed by atoms with Crippen LogP contribution in [0.2, 0.25) is 0 Å². The quantitative estimate of drug-likeness (QED) is 0.436. The molecule has 1 fully saturated rings. The number of hydrogen-bond donors (Lipinski definition) is 2. The Labute approximate surface area is 156 Å². The first kappa shape index (κ1) is 19.9. The third-order valence-corrected chi connectivity index (χ3v) is 4.14. The van der Waals surface area contributed by atoms with Gasteiger partial charge in [-0.15, -0.1) is 24.0 Å². The highest BCUT2D eigenvalue weighted by atomic mass is 127. The van der Waals surface area contributed by atoms with Crippen molar-refractivity contribution in [2.45, 2.75) is 26.2 Å². The van der Waals surface area contributed by atoms with Crippen LogP contribution in [0.1, 0.15) is 25.3 Å². The van der Waals surface area contributed by atoms with Crippen LogP contribution in [-0.4, -0.2) is 49.8 Å². The lowest BCUT2D eigenvalue weighted by atomic mass is 10.0. The van der Waals surface area contributed by atoms with Crippen LogP contribution in [0.15, 0.2) is 23.2 Å². The maximum Gasteiger partial charge on any atom is 0.193 e. The van der Waals surface area contributed by atoms with Crippen LogP contribution >= 0.6 is 24.0 Å². The van der Waals surface area contributed by atoms with Gasteiger partial charge in [-0.3, -0.25) is 4.99 Å². The zero-order valence-corrected chi connectivity index (χ0v) is 16.5. The van der Waals surface area contributed by atoms with E-state index in [1.54, 1.807) is 13.2 Å². The molecule has 2 N–H and O–H groups in total. The first-order valence-electron chi connectivity index (χ1n) is 7.95. The highest BCUT2D eigenvalue weighted by Gasteiger charge is 2.18. The third-order valence-electron chi connectivity index (χ3n) is 4.14. The van der Waals surface area contributed by atoms with Gasteiger partial charge in [0.15, 0.2) is 5.96 Å². The van der Waals surface area contributed by atoms with E-state index in [-0.39, 0.29) is 29.7 Å². The summed E-state index contributed by atoms with van der Waals surface area (Å²) in [6, 6.07) is 5.42. The average Bonchev–Trinajstić information content (AvgIpc) is 2.52. The minimum Gasteiger partial charge on any atom is -0.508 e. The van der Waals surface area contributed by atoms with Gasteiger partial charge in [-0.1, -0.05) is 13.0 Å². The van der Waals surface area contributed by atoms with Crippen molar-refractivity contribution in [3.05, 3.63) is 23.8 Å². The van der Waals surface area contributed by atoms with Crippen molar-refractivity contribution in [2.75, 3.05) is 33.8 Å². The number of phenolic OH excluding ortho intramolecular Hbond substituents is 1. The predicted octanol–water partition coefficient (Wildman–Crippen LogP) is 2.87. The number of nitrogens with one attached hydrogen (secondary N) is 1. The molecule has 130 valence electrons. The summed E-state index contributed by atoms with van der Waals surface area (Å²) < 4.78 is 5.10. The third kappa shape index (κ3) is 5.75. The number of guanidine groups is 1. The smallest absolute Gasteiger partial charge is 0.193 e. The summed E-state index contributed by atoms with van der Waals surface area (Å²) >= 11 is 0. The number of benzene rings is 1. The number of halogens is 1. The highest BCUT2D eigenvalue weighted by molar-refractivity contribution is 14.0. The van der Waals surface area contributed by atoms with E-state index < -0.39 is 0 Å². The molecule has 1 aromatic rings. The number of piperidine rings is 1. The summed E-state index contributed by atoms with van der Waals surface area (Å²) in [5, 5.41) is 13.4. The van der Waals surface area contributed by atoms with Gasteiger partial charge in [-0.2, -0.15) is 0 Å². The van der Waals surface area contributed by atoms with Crippen LogP contribution in [0.4, 0.5) is 0 Å². The van der Waals surface area contributed by atoms with Crippen molar-refractivity contribution in [1.29, 1.82) is 0 Å². The number of aromatic hydroxyl groups is 1. The predicted molar refractivity (Wildman–Crippen MR) is 105 cm³/mol. The number of hydrogen-bond acceptors (Lipinski definition) is 3. The molecule has 0 spiro atoms. The van der Waals surface area contributed by atoms with Gasteiger partial charge in [-0.25, -0.2) is 0 Å². The number of nitrogens with zero attached hydrogens (tertiary/aromatic N) is 2. The molecule has 0 saturated carbocycles. The van der Waals surface area contributed by atoms with Gasteiger partial charge in [0.05, 0.1) is 7.11 Å². The van der Waals surface area contributed by atoms with Crippen LogP contribution in [0.5, 0.6) is 11.5 Å². The molecule has 1 aliphatic rings. The second-order valence-electron chi connectivity index (χ2n) is 5.91. The molecule has 1 atom stereocenters. The lowest BCUT2D eigenvalue weighted by molar-refractivity contribution is 0.266. The molecular weight excluding hydrogens is 405 g/mol. The van der Waals surface area contributed by atoms with Crippen molar-refractivity contribution in [2.24, 2.45) is 10.9 Å². The van der Waals surface area contributed by atoms with Gasteiger partial charge in [0, 0.05) is 32.7 Å². The van der Waals surface area contributed by atoms with E-state index in [0.29, 0.717) is 5.75 Å². The van der Waals surface area contributed by atoms with E-state index in [9.17, 15) is 5.11 Å². The molecule has 1 heterocycles. The van der Waals surface area contributed by atoms with Crippen LogP contribution in [0, 0.1) is 5.92 Å². The summed E-state index contributed by atoms with van der Waals surface area (Å²) in [5.74, 6) is 2.63. The van der Waals surface area contributed by atoms with Gasteiger partial charge in [0.25, 0.3) is 0 Å². The summed E-state index contributed by atoms with van der Waals surface area (Å²) in [4.78, 5) is 6.70. The molecule has 2 rings (SSSR count). The fraction of sp³-hybridized carbons (Fsp3) is 0.588. The first-order chi connectivity index (χ1) is 10.6. The molecule has 0 aromatic heterocycles. The fourth-order valence-corrected chi connectivity index (χ4v) is 2.91. The van der Waals surface area contributed by atoms with Crippen LogP contribution in [-0.2, 0) is 6.42 Å². The summed E-state index contributed by atoms with van der Waals surface area (Å²) in [7, 11) is 3.42. The van der Waals surface area contributed by atoms with Gasteiger partial charge in [-0.05, 0) is 36.8 Å². The molecule has 1 saturated heterocycles. The van der Waals surface area contributed by atoms with Crippen molar-refractivity contribution < 1.29 is 9.84 Å². The summed E-state index contributed by atoms with van der Waals surface area (Å²) in [6.07, 6.45) is 3.27. The number of ether oxygens (including phenoxy) is 1. The van der Waals surface area contributed by atoms with Gasteiger partial charge in [0.1, 0.15) is 11.5 Å². The van der Waals surface area contributed by atoms with Crippen LogP contribution < -0.4 is 10.1 Å². The van der Waals surface area contributed by atoms with E-state index in [2.05, 4.69) is 22.1 Å². The fourth-order valence-electron chi connectivity index (χ4n) is 2.91. The second-order valence-corrected chi connectivity index (χ2v) is 5.91. The Morgan fingerprint density at radius 2 is 2.26 bits per heavy atom. The monoisotopic (exact) mass is 433 g/mol. The van der Waals surface area contributed by atoms with Gasteiger partial charge >= 0.3 is 0 Å². The van der Waals surface area contributed by atoms with E-state index in [1.165, 1.54) is 12.8 Å². The topological polar surface area (TPSA) is 57.1 Å². The lowest BCUT2D eigenvalue weighted by Crippen LogP contribution is -2.46. The number of methoxy groups -OCH3 is 1. The molecule has 0 bridgehead atoms. The Hall–Kier alpha value is -1.18. The molecule has 6 heteroatoms. The Balaban J connectivity index is 0.00000264. The molecule has 1 unspecified atom stereocenters. The minimum atomic E-state index is 0. The Bertz CT molecular complexity index is 523. The molecular formula is C17H28IN3O2.